The highest BCUT2D eigenvalue weighted by molar-refractivity contribution is 6.33. The second-order valence-corrected chi connectivity index (χ2v) is 4.60. The number of rotatable bonds is 3. The van der Waals surface area contributed by atoms with Crippen molar-refractivity contribution in [2.75, 3.05) is 7.11 Å². The van der Waals surface area contributed by atoms with Crippen LogP contribution >= 0.6 is 11.6 Å². The topological polar surface area (TPSA) is 51.2 Å². The van der Waals surface area contributed by atoms with Crippen LogP contribution in [-0.4, -0.2) is 30.1 Å². The summed E-state index contributed by atoms with van der Waals surface area (Å²) in [4.78, 5) is 15.8. The number of hydrogen-bond donors (Lipinski definition) is 1. The molecule has 2 atom stereocenters. The molecule has 1 aliphatic rings. The van der Waals surface area contributed by atoms with Crippen molar-refractivity contribution >= 4 is 17.5 Å². The number of carbonyl (C=O) groups is 1. The van der Waals surface area contributed by atoms with Gasteiger partial charge in [0.05, 0.1) is 16.7 Å². The summed E-state index contributed by atoms with van der Waals surface area (Å²) in [6, 6.07) is 1.80. The third-order valence-corrected chi connectivity index (χ3v) is 3.37. The molecule has 1 aromatic heterocycles. The number of nitrogens with zero attached hydrogens (tertiary/aromatic N) is 1. The molecule has 5 heteroatoms. The molecule has 1 saturated carbocycles. The fourth-order valence-electron chi connectivity index (χ4n) is 2.11. The van der Waals surface area contributed by atoms with E-state index in [0.29, 0.717) is 10.6 Å². The maximum Gasteiger partial charge on any atom is 0.253 e. The monoisotopic (exact) mass is 254 g/mol. The number of amides is 1. The molecule has 4 nitrogen and oxygen atoms in total. The zero-order valence-electron chi connectivity index (χ0n) is 9.65. The maximum absolute atomic E-state index is 12.0. The van der Waals surface area contributed by atoms with Gasteiger partial charge in [-0.1, -0.05) is 11.6 Å². The summed E-state index contributed by atoms with van der Waals surface area (Å²) in [6.07, 6.45) is 6.10. The summed E-state index contributed by atoms with van der Waals surface area (Å²) in [6.45, 7) is 0. The summed E-state index contributed by atoms with van der Waals surface area (Å²) in [7, 11) is 1.70. The Morgan fingerprint density at radius 3 is 3.06 bits per heavy atom. The van der Waals surface area contributed by atoms with Gasteiger partial charge in [0.1, 0.15) is 0 Å². The van der Waals surface area contributed by atoms with Crippen LogP contribution in [0.4, 0.5) is 0 Å². The zero-order chi connectivity index (χ0) is 12.3. The van der Waals surface area contributed by atoms with Gasteiger partial charge in [0.25, 0.3) is 5.91 Å². The molecule has 0 bridgehead atoms. The normalized spacial score (nSPS) is 23.6. The molecule has 0 aromatic carbocycles. The quantitative estimate of drug-likeness (QED) is 0.898. The van der Waals surface area contributed by atoms with Crippen LogP contribution < -0.4 is 5.32 Å². The Labute approximate surface area is 105 Å². The second-order valence-electron chi connectivity index (χ2n) is 4.20. The Kier molecular flexibility index (Phi) is 3.97. The first kappa shape index (κ1) is 12.3. The van der Waals surface area contributed by atoms with E-state index in [1.54, 1.807) is 19.4 Å². The number of halogens is 1. The lowest BCUT2D eigenvalue weighted by molar-refractivity contribution is 0.0915. The third-order valence-electron chi connectivity index (χ3n) is 3.07. The third kappa shape index (κ3) is 2.96. The highest BCUT2D eigenvalue weighted by atomic mass is 35.5. The van der Waals surface area contributed by atoms with Gasteiger partial charge in [0.2, 0.25) is 0 Å². The predicted molar refractivity (Wildman–Crippen MR) is 65.1 cm³/mol. The molecule has 0 spiro atoms. The number of pyridine rings is 1. The highest BCUT2D eigenvalue weighted by Gasteiger charge is 2.26. The molecule has 1 N–H and O–H groups in total. The van der Waals surface area contributed by atoms with E-state index in [1.165, 1.54) is 6.20 Å². The standard InChI is InChI=1S/C12H15ClN2O2/c1-17-9-3-2-8(6-9)15-12(16)10-4-5-14-7-11(10)13/h4-5,7-9H,2-3,6H2,1H3,(H,15,16). The molecule has 1 fully saturated rings. The Bertz CT molecular complexity index is 411. The van der Waals surface area contributed by atoms with Crippen molar-refractivity contribution in [1.82, 2.24) is 10.3 Å². The van der Waals surface area contributed by atoms with Gasteiger partial charge in [0, 0.05) is 25.5 Å². The van der Waals surface area contributed by atoms with Crippen molar-refractivity contribution in [1.29, 1.82) is 0 Å². The minimum Gasteiger partial charge on any atom is -0.381 e. The Hall–Kier alpha value is -1.13. The smallest absolute Gasteiger partial charge is 0.253 e. The van der Waals surface area contributed by atoms with Crippen LogP contribution in [0.5, 0.6) is 0 Å². The zero-order valence-corrected chi connectivity index (χ0v) is 10.4. The Balaban J connectivity index is 1.96. The Morgan fingerprint density at radius 2 is 2.41 bits per heavy atom. The largest absolute Gasteiger partial charge is 0.381 e. The van der Waals surface area contributed by atoms with E-state index in [4.69, 9.17) is 16.3 Å². The van der Waals surface area contributed by atoms with E-state index >= 15 is 0 Å². The average Bonchev–Trinajstić information content (AvgIpc) is 2.77. The fourth-order valence-corrected chi connectivity index (χ4v) is 2.31. The van der Waals surface area contributed by atoms with E-state index in [-0.39, 0.29) is 18.1 Å². The lowest BCUT2D eigenvalue weighted by Gasteiger charge is -2.13. The molecule has 1 aromatic rings. The lowest BCUT2D eigenvalue weighted by Crippen LogP contribution is -2.33. The van der Waals surface area contributed by atoms with Crippen molar-refractivity contribution in [3.8, 4) is 0 Å². The van der Waals surface area contributed by atoms with Crippen LogP contribution in [-0.2, 0) is 4.74 Å². The predicted octanol–water partition coefficient (Wildman–Crippen LogP) is 2.03. The summed E-state index contributed by atoms with van der Waals surface area (Å²) in [5, 5.41) is 3.35. The first-order valence-electron chi connectivity index (χ1n) is 5.64. The molecule has 92 valence electrons. The molecule has 1 amide bonds. The maximum atomic E-state index is 12.0. The van der Waals surface area contributed by atoms with Crippen LogP contribution in [0.1, 0.15) is 29.6 Å². The second kappa shape index (κ2) is 5.47. The first-order chi connectivity index (χ1) is 8.20. The number of ether oxygens (including phenoxy) is 1. The van der Waals surface area contributed by atoms with Crippen molar-refractivity contribution in [2.45, 2.75) is 31.4 Å². The van der Waals surface area contributed by atoms with Crippen LogP contribution in [0.15, 0.2) is 18.5 Å². The molecule has 1 heterocycles. The molecule has 0 saturated heterocycles. The van der Waals surface area contributed by atoms with Gasteiger partial charge in [0.15, 0.2) is 0 Å². The summed E-state index contributed by atoms with van der Waals surface area (Å²) >= 11 is 5.91. The van der Waals surface area contributed by atoms with E-state index in [2.05, 4.69) is 10.3 Å². The number of hydrogen-bond acceptors (Lipinski definition) is 3. The summed E-state index contributed by atoms with van der Waals surface area (Å²) in [5.74, 6) is -0.140. The summed E-state index contributed by atoms with van der Waals surface area (Å²) in [5.41, 5.74) is 0.475. The van der Waals surface area contributed by atoms with Crippen LogP contribution in [0.2, 0.25) is 5.02 Å². The van der Waals surface area contributed by atoms with E-state index < -0.39 is 0 Å². The molecule has 2 rings (SSSR count). The van der Waals surface area contributed by atoms with Gasteiger partial charge in [-0.05, 0) is 25.3 Å². The molecule has 0 radical (unpaired) electrons. The van der Waals surface area contributed by atoms with Crippen molar-refractivity contribution in [3.05, 3.63) is 29.0 Å². The van der Waals surface area contributed by atoms with Gasteiger partial charge < -0.3 is 10.1 Å². The summed E-state index contributed by atoms with van der Waals surface area (Å²) < 4.78 is 5.27. The number of nitrogens with one attached hydrogen (secondary N) is 1. The number of carbonyl (C=O) groups excluding carboxylic acids is 1. The SMILES string of the molecule is COC1CCC(NC(=O)c2ccncc2Cl)C1. The van der Waals surface area contributed by atoms with E-state index in [1.807, 2.05) is 0 Å². The van der Waals surface area contributed by atoms with Gasteiger partial charge in [-0.3, -0.25) is 9.78 Å². The lowest BCUT2D eigenvalue weighted by atomic mass is 10.2. The van der Waals surface area contributed by atoms with E-state index in [9.17, 15) is 4.79 Å². The highest BCUT2D eigenvalue weighted by Crippen LogP contribution is 2.22. The number of aromatic nitrogens is 1. The van der Waals surface area contributed by atoms with Gasteiger partial charge in [-0.2, -0.15) is 0 Å². The minimum absolute atomic E-state index is 0.140. The molecule has 0 aliphatic heterocycles. The first-order valence-corrected chi connectivity index (χ1v) is 6.01. The average molecular weight is 255 g/mol. The molecular weight excluding hydrogens is 240 g/mol. The van der Waals surface area contributed by atoms with Crippen LogP contribution in [0.25, 0.3) is 0 Å². The van der Waals surface area contributed by atoms with E-state index in [0.717, 1.165) is 19.3 Å². The van der Waals surface area contributed by atoms with Crippen LogP contribution in [0.3, 0.4) is 0 Å². The Morgan fingerprint density at radius 1 is 1.59 bits per heavy atom. The number of methoxy groups -OCH3 is 1. The molecule has 2 unspecified atom stereocenters. The van der Waals surface area contributed by atoms with Crippen molar-refractivity contribution in [2.24, 2.45) is 0 Å². The molecular formula is C12H15ClN2O2. The van der Waals surface area contributed by atoms with Gasteiger partial charge >= 0.3 is 0 Å². The van der Waals surface area contributed by atoms with Crippen molar-refractivity contribution in [3.63, 3.8) is 0 Å². The van der Waals surface area contributed by atoms with Crippen LogP contribution in [0, 0.1) is 0 Å². The van der Waals surface area contributed by atoms with Gasteiger partial charge in [-0.15, -0.1) is 0 Å². The van der Waals surface area contributed by atoms with Crippen molar-refractivity contribution < 1.29 is 9.53 Å². The molecule has 1 aliphatic carbocycles. The van der Waals surface area contributed by atoms with Gasteiger partial charge in [-0.25, -0.2) is 0 Å². The molecule has 17 heavy (non-hydrogen) atoms. The fraction of sp³-hybridized carbons (Fsp3) is 0.500. The minimum atomic E-state index is -0.140.